The molecule has 1 saturated heterocycles. The summed E-state index contributed by atoms with van der Waals surface area (Å²) in [6.45, 7) is 5.64. The van der Waals surface area contributed by atoms with Crippen LogP contribution in [0.5, 0.6) is 0 Å². The van der Waals surface area contributed by atoms with Crippen molar-refractivity contribution < 1.29 is 4.74 Å². The summed E-state index contributed by atoms with van der Waals surface area (Å²) in [6.07, 6.45) is 1.34. The second kappa shape index (κ2) is 4.50. The van der Waals surface area contributed by atoms with Gasteiger partial charge in [0.15, 0.2) is 5.82 Å². The third-order valence-electron chi connectivity index (χ3n) is 2.49. The van der Waals surface area contributed by atoms with Gasteiger partial charge >= 0.3 is 0 Å². The van der Waals surface area contributed by atoms with E-state index < -0.39 is 0 Å². The fraction of sp³-hybridized carbons (Fsp3) is 0.667. The lowest BCUT2D eigenvalue weighted by molar-refractivity contribution is -0.0326. The van der Waals surface area contributed by atoms with Gasteiger partial charge in [-0.15, -0.1) is 0 Å². The van der Waals surface area contributed by atoms with E-state index in [9.17, 15) is 0 Å². The van der Waals surface area contributed by atoms with Crippen LogP contribution in [0.4, 0.5) is 5.95 Å². The molecule has 1 atom stereocenters. The number of hydrogen-bond donors (Lipinski definition) is 1. The number of rotatable bonds is 2. The fourth-order valence-corrected chi connectivity index (χ4v) is 1.62. The first-order chi connectivity index (χ1) is 7.29. The van der Waals surface area contributed by atoms with Crippen molar-refractivity contribution in [3.05, 3.63) is 12.2 Å². The van der Waals surface area contributed by atoms with Gasteiger partial charge in [0.2, 0.25) is 5.95 Å². The van der Waals surface area contributed by atoms with Crippen molar-refractivity contribution in [1.82, 2.24) is 19.9 Å². The van der Waals surface area contributed by atoms with Crippen molar-refractivity contribution in [1.29, 1.82) is 0 Å². The van der Waals surface area contributed by atoms with E-state index in [-0.39, 0.29) is 12.1 Å². The highest BCUT2D eigenvalue weighted by Crippen LogP contribution is 2.18. The zero-order valence-corrected chi connectivity index (χ0v) is 8.76. The van der Waals surface area contributed by atoms with Gasteiger partial charge in [0, 0.05) is 13.1 Å². The number of nitrogens with zero attached hydrogens (tertiary/aromatic N) is 4. The molecule has 1 aliphatic rings. The Morgan fingerprint density at radius 1 is 1.60 bits per heavy atom. The topological polar surface area (TPSA) is 77.2 Å². The van der Waals surface area contributed by atoms with Crippen LogP contribution in [0.25, 0.3) is 0 Å². The Morgan fingerprint density at radius 2 is 2.47 bits per heavy atom. The monoisotopic (exact) mass is 209 g/mol. The molecule has 0 saturated carbocycles. The molecule has 6 heteroatoms. The minimum absolute atomic E-state index is 0.0796. The molecule has 1 aromatic heterocycles. The first-order valence-corrected chi connectivity index (χ1v) is 5.08. The van der Waals surface area contributed by atoms with Crippen molar-refractivity contribution in [3.63, 3.8) is 0 Å². The van der Waals surface area contributed by atoms with Gasteiger partial charge in [0.25, 0.3) is 0 Å². The zero-order chi connectivity index (χ0) is 10.7. The van der Waals surface area contributed by atoms with E-state index in [1.54, 1.807) is 0 Å². The molecule has 82 valence electrons. The van der Waals surface area contributed by atoms with Crippen LogP contribution in [0.3, 0.4) is 0 Å². The minimum Gasteiger partial charge on any atom is -0.368 e. The van der Waals surface area contributed by atoms with Crippen LogP contribution in [0.2, 0.25) is 0 Å². The third kappa shape index (κ3) is 2.40. The Morgan fingerprint density at radius 3 is 3.20 bits per heavy atom. The van der Waals surface area contributed by atoms with Crippen molar-refractivity contribution in [3.8, 4) is 0 Å². The fourth-order valence-electron chi connectivity index (χ4n) is 1.62. The average molecular weight is 209 g/mol. The van der Waals surface area contributed by atoms with Crippen LogP contribution in [0, 0.1) is 0 Å². The van der Waals surface area contributed by atoms with Crippen molar-refractivity contribution in [2.24, 2.45) is 0 Å². The van der Waals surface area contributed by atoms with E-state index in [1.807, 2.05) is 0 Å². The van der Waals surface area contributed by atoms with E-state index in [4.69, 9.17) is 10.5 Å². The number of hydrogen-bond acceptors (Lipinski definition) is 6. The molecule has 6 nitrogen and oxygen atoms in total. The molecule has 0 radical (unpaired) electrons. The molecular formula is C9H15N5O. The molecule has 0 spiro atoms. The molecule has 2 N–H and O–H groups in total. The Kier molecular flexibility index (Phi) is 3.08. The normalized spacial score (nSPS) is 22.9. The molecule has 2 heterocycles. The number of morpholine rings is 1. The smallest absolute Gasteiger partial charge is 0.223 e. The molecule has 0 aliphatic carbocycles. The van der Waals surface area contributed by atoms with E-state index in [1.165, 1.54) is 6.33 Å². The number of nitrogen functional groups attached to an aromatic ring is 1. The van der Waals surface area contributed by atoms with Gasteiger partial charge < -0.3 is 10.5 Å². The maximum atomic E-state index is 5.60. The predicted molar refractivity (Wildman–Crippen MR) is 55.0 cm³/mol. The molecule has 0 aromatic carbocycles. The molecule has 1 aliphatic heterocycles. The highest BCUT2D eigenvalue weighted by molar-refractivity contribution is 5.13. The molecular weight excluding hydrogens is 194 g/mol. The quantitative estimate of drug-likeness (QED) is 0.729. The number of aromatic nitrogens is 3. The van der Waals surface area contributed by atoms with Gasteiger partial charge in [-0.05, 0) is 6.54 Å². The van der Waals surface area contributed by atoms with Crippen LogP contribution < -0.4 is 5.73 Å². The molecule has 2 rings (SSSR count). The summed E-state index contributed by atoms with van der Waals surface area (Å²) < 4.78 is 5.60. The third-order valence-corrected chi connectivity index (χ3v) is 2.49. The maximum Gasteiger partial charge on any atom is 0.223 e. The van der Waals surface area contributed by atoms with Crippen LogP contribution >= 0.6 is 0 Å². The van der Waals surface area contributed by atoms with Crippen LogP contribution in [0.1, 0.15) is 18.9 Å². The lowest BCUT2D eigenvalue weighted by atomic mass is 10.2. The van der Waals surface area contributed by atoms with Gasteiger partial charge in [-0.3, -0.25) is 4.90 Å². The Balaban J connectivity index is 2.09. The predicted octanol–water partition coefficient (Wildman–Crippen LogP) is -0.153. The lowest BCUT2D eigenvalue weighted by Crippen LogP contribution is -2.38. The first kappa shape index (κ1) is 10.3. The van der Waals surface area contributed by atoms with E-state index in [0.717, 1.165) is 19.6 Å². The Labute approximate surface area is 88.5 Å². The summed E-state index contributed by atoms with van der Waals surface area (Å²) in [5.41, 5.74) is 5.50. The summed E-state index contributed by atoms with van der Waals surface area (Å²) in [7, 11) is 0. The second-order valence-electron chi connectivity index (χ2n) is 3.45. The van der Waals surface area contributed by atoms with Gasteiger partial charge in [-0.2, -0.15) is 4.98 Å². The van der Waals surface area contributed by atoms with E-state index in [0.29, 0.717) is 12.4 Å². The Hall–Kier alpha value is -1.27. The minimum atomic E-state index is -0.0796. The van der Waals surface area contributed by atoms with Crippen LogP contribution in [0.15, 0.2) is 6.33 Å². The molecule has 15 heavy (non-hydrogen) atoms. The maximum absolute atomic E-state index is 5.60. The second-order valence-corrected chi connectivity index (χ2v) is 3.45. The molecule has 0 bridgehead atoms. The van der Waals surface area contributed by atoms with Crippen molar-refractivity contribution >= 4 is 5.95 Å². The summed E-state index contributed by atoms with van der Waals surface area (Å²) in [5.74, 6) is 0.873. The SMILES string of the molecule is CCN1CCOC(c2ncnc(N)n2)C1. The lowest BCUT2D eigenvalue weighted by Gasteiger charge is -2.30. The van der Waals surface area contributed by atoms with Gasteiger partial charge in [0.05, 0.1) is 6.61 Å². The highest BCUT2D eigenvalue weighted by Gasteiger charge is 2.23. The first-order valence-electron chi connectivity index (χ1n) is 5.08. The molecule has 1 unspecified atom stereocenters. The van der Waals surface area contributed by atoms with Gasteiger partial charge in [0.1, 0.15) is 12.4 Å². The van der Waals surface area contributed by atoms with Gasteiger partial charge in [-0.1, -0.05) is 6.92 Å². The van der Waals surface area contributed by atoms with Crippen LogP contribution in [-0.2, 0) is 4.74 Å². The number of ether oxygens (including phenoxy) is 1. The summed E-state index contributed by atoms with van der Waals surface area (Å²) in [5, 5.41) is 0. The van der Waals surface area contributed by atoms with E-state index in [2.05, 4.69) is 26.8 Å². The number of anilines is 1. The average Bonchev–Trinajstić information content (AvgIpc) is 2.29. The zero-order valence-electron chi connectivity index (χ0n) is 8.76. The van der Waals surface area contributed by atoms with Crippen molar-refractivity contribution in [2.45, 2.75) is 13.0 Å². The Bertz CT molecular complexity index is 332. The van der Waals surface area contributed by atoms with Crippen molar-refractivity contribution in [2.75, 3.05) is 32.0 Å². The molecule has 0 amide bonds. The summed E-state index contributed by atoms with van der Waals surface area (Å²) in [4.78, 5) is 14.2. The largest absolute Gasteiger partial charge is 0.368 e. The van der Waals surface area contributed by atoms with Gasteiger partial charge in [-0.25, -0.2) is 9.97 Å². The van der Waals surface area contributed by atoms with Crippen LogP contribution in [-0.4, -0.2) is 46.1 Å². The summed E-state index contributed by atoms with van der Waals surface area (Å²) in [6, 6.07) is 0. The molecule has 1 fully saturated rings. The standard InChI is InChI=1S/C9H15N5O/c1-2-14-3-4-15-7(5-14)8-11-6-12-9(10)13-8/h6-7H,2-5H2,1H3,(H2,10,11,12,13). The summed E-state index contributed by atoms with van der Waals surface area (Å²) >= 11 is 0. The number of nitrogens with two attached hydrogens (primary N) is 1. The van der Waals surface area contributed by atoms with E-state index >= 15 is 0 Å². The highest BCUT2D eigenvalue weighted by atomic mass is 16.5. The number of likely N-dealkylation sites (N-methyl/N-ethyl adjacent to an activating group) is 1. The molecule has 1 aromatic rings.